The van der Waals surface area contributed by atoms with Gasteiger partial charge in [-0.2, -0.15) is 18.3 Å². The number of nitrogens with zero attached hydrogens (tertiary/aromatic N) is 3. The second-order valence-corrected chi connectivity index (χ2v) is 6.83. The molecule has 0 bridgehead atoms. The van der Waals surface area contributed by atoms with Crippen LogP contribution < -0.4 is 10.1 Å². The molecule has 0 unspecified atom stereocenters. The number of ether oxygens (including phenoxy) is 2. The lowest BCUT2D eigenvalue weighted by atomic mass is 10.1. The zero-order chi connectivity index (χ0) is 23.6. The van der Waals surface area contributed by atoms with Crippen molar-refractivity contribution in [2.45, 2.75) is 6.18 Å². The first-order valence-electron chi connectivity index (χ1n) is 9.44. The van der Waals surface area contributed by atoms with Gasteiger partial charge in [0.1, 0.15) is 24.1 Å². The summed E-state index contributed by atoms with van der Waals surface area (Å²) in [5, 5.41) is 6.93. The Balaban J connectivity index is 1.48. The van der Waals surface area contributed by atoms with Gasteiger partial charge in [-0.3, -0.25) is 4.79 Å². The van der Waals surface area contributed by atoms with Crippen LogP contribution in [0.5, 0.6) is 5.75 Å². The summed E-state index contributed by atoms with van der Waals surface area (Å²) in [6.07, 6.45) is -2.16. The fourth-order valence-electron chi connectivity index (χ4n) is 3.08. The van der Waals surface area contributed by atoms with Crippen LogP contribution in [0.3, 0.4) is 0 Å². The molecule has 2 aromatic heterocycles. The van der Waals surface area contributed by atoms with Gasteiger partial charge in [-0.1, -0.05) is 0 Å². The number of carbonyl (C=O) groups is 2. The molecule has 0 aliphatic heterocycles. The minimum atomic E-state index is -4.62. The molecule has 0 radical (unpaired) electrons. The maximum atomic E-state index is 13.1. The average molecular weight is 459 g/mol. The molecule has 0 aliphatic rings. The highest BCUT2D eigenvalue weighted by molar-refractivity contribution is 5.98. The molecule has 0 fully saturated rings. The number of methoxy groups -OCH3 is 1. The Labute approximate surface area is 184 Å². The molecule has 9 nitrogen and oxygen atoms in total. The summed E-state index contributed by atoms with van der Waals surface area (Å²) >= 11 is 0. The van der Waals surface area contributed by atoms with Crippen molar-refractivity contribution in [2.24, 2.45) is 0 Å². The highest BCUT2D eigenvalue weighted by Gasteiger charge is 2.31. The largest absolute Gasteiger partial charge is 0.497 e. The van der Waals surface area contributed by atoms with E-state index in [0.29, 0.717) is 11.3 Å². The van der Waals surface area contributed by atoms with Crippen LogP contribution in [0, 0.1) is 0 Å². The molecule has 33 heavy (non-hydrogen) atoms. The van der Waals surface area contributed by atoms with Gasteiger partial charge in [0.2, 0.25) is 0 Å². The lowest BCUT2D eigenvalue weighted by Crippen LogP contribution is -2.22. The highest BCUT2D eigenvalue weighted by Crippen LogP contribution is 2.33. The van der Waals surface area contributed by atoms with Gasteiger partial charge >= 0.3 is 12.1 Å². The summed E-state index contributed by atoms with van der Waals surface area (Å²) in [6.45, 7) is -0.718. The van der Waals surface area contributed by atoms with E-state index < -0.39 is 30.2 Å². The van der Waals surface area contributed by atoms with E-state index in [0.717, 1.165) is 23.6 Å². The van der Waals surface area contributed by atoms with E-state index in [9.17, 15) is 22.8 Å². The molecule has 12 heteroatoms. The molecular weight excluding hydrogens is 443 g/mol. The number of halogens is 3. The van der Waals surface area contributed by atoms with Crippen LogP contribution >= 0.6 is 0 Å². The molecule has 0 aliphatic carbocycles. The number of H-pyrrole nitrogens is 1. The number of carbonyl (C=O) groups excluding carboxylic acids is 2. The van der Waals surface area contributed by atoms with Gasteiger partial charge in [0, 0.05) is 17.0 Å². The maximum Gasteiger partial charge on any atom is 0.416 e. The minimum Gasteiger partial charge on any atom is -0.497 e. The van der Waals surface area contributed by atoms with Crippen LogP contribution in [0.2, 0.25) is 0 Å². The number of benzene rings is 2. The van der Waals surface area contributed by atoms with Gasteiger partial charge in [-0.15, -0.1) is 0 Å². The third-order valence-electron chi connectivity index (χ3n) is 4.65. The molecule has 2 heterocycles. The zero-order valence-electron chi connectivity index (χ0n) is 17.0. The van der Waals surface area contributed by atoms with Gasteiger partial charge in [0.15, 0.2) is 6.61 Å². The van der Waals surface area contributed by atoms with Crippen LogP contribution in [-0.4, -0.2) is 45.3 Å². The molecule has 170 valence electrons. The van der Waals surface area contributed by atoms with Crippen LogP contribution in [0.4, 0.5) is 18.9 Å². The molecule has 1 amide bonds. The van der Waals surface area contributed by atoms with Crippen molar-refractivity contribution in [3.8, 4) is 11.4 Å². The summed E-state index contributed by atoms with van der Waals surface area (Å²) < 4.78 is 50.7. The van der Waals surface area contributed by atoms with Crippen LogP contribution in [0.1, 0.15) is 16.1 Å². The fourth-order valence-corrected chi connectivity index (χ4v) is 3.08. The topological polar surface area (TPSA) is 111 Å². The van der Waals surface area contributed by atoms with Crippen molar-refractivity contribution >= 4 is 28.5 Å². The Morgan fingerprint density at radius 1 is 1.15 bits per heavy atom. The first-order valence-corrected chi connectivity index (χ1v) is 9.44. The number of anilines is 1. The van der Waals surface area contributed by atoms with E-state index in [1.807, 2.05) is 0 Å². The summed E-state index contributed by atoms with van der Waals surface area (Å²) in [4.78, 5) is 31.3. The number of hydrogen-bond donors (Lipinski definition) is 2. The standard InChI is InChI=1S/C21H16F3N5O4/c1-32-14-4-2-12-6-17(27-15(12)8-14)20(31)33-9-19(30)28-16-7-13(21(22,23)24)3-5-18(16)29-11-25-10-26-29/h2-8,10-11,27H,9H2,1H3,(H,28,30). The number of alkyl halides is 3. The molecule has 0 spiro atoms. The first-order chi connectivity index (χ1) is 15.7. The van der Waals surface area contributed by atoms with Gasteiger partial charge < -0.3 is 19.8 Å². The predicted octanol–water partition coefficient (Wildman–Crippen LogP) is 3.57. The van der Waals surface area contributed by atoms with Crippen molar-refractivity contribution < 1.29 is 32.2 Å². The Morgan fingerprint density at radius 3 is 2.67 bits per heavy atom. The Kier molecular flexibility index (Phi) is 5.73. The monoisotopic (exact) mass is 459 g/mol. The van der Waals surface area contributed by atoms with E-state index in [1.54, 1.807) is 24.3 Å². The second kappa shape index (κ2) is 8.65. The Hall–Kier alpha value is -4.35. The van der Waals surface area contributed by atoms with E-state index >= 15 is 0 Å². The minimum absolute atomic E-state index is 0.105. The molecule has 0 saturated carbocycles. The summed E-state index contributed by atoms with van der Waals surface area (Å²) in [5.41, 5.74) is -0.244. The lowest BCUT2D eigenvalue weighted by molar-refractivity contribution is -0.137. The first kappa shape index (κ1) is 21.9. The highest BCUT2D eigenvalue weighted by atomic mass is 19.4. The third-order valence-corrected chi connectivity index (χ3v) is 4.65. The molecule has 2 aromatic carbocycles. The van der Waals surface area contributed by atoms with Crippen molar-refractivity contribution in [2.75, 3.05) is 19.0 Å². The normalized spacial score (nSPS) is 11.4. The number of fused-ring (bicyclic) bond motifs is 1. The van der Waals surface area contributed by atoms with E-state index in [4.69, 9.17) is 9.47 Å². The van der Waals surface area contributed by atoms with E-state index in [2.05, 4.69) is 20.4 Å². The number of aromatic amines is 1. The van der Waals surface area contributed by atoms with Gasteiger partial charge in [-0.05, 0) is 36.4 Å². The van der Waals surface area contributed by atoms with Crippen molar-refractivity contribution in [1.82, 2.24) is 19.7 Å². The van der Waals surface area contributed by atoms with Crippen LogP contribution in [0.25, 0.3) is 16.6 Å². The lowest BCUT2D eigenvalue weighted by Gasteiger charge is -2.14. The van der Waals surface area contributed by atoms with Gasteiger partial charge in [-0.25, -0.2) is 14.5 Å². The Bertz CT molecular complexity index is 1320. The number of rotatable bonds is 6. The van der Waals surface area contributed by atoms with E-state index in [1.165, 1.54) is 24.4 Å². The van der Waals surface area contributed by atoms with Gasteiger partial charge in [0.25, 0.3) is 5.91 Å². The van der Waals surface area contributed by atoms with Crippen LogP contribution in [-0.2, 0) is 15.7 Å². The number of hydrogen-bond acceptors (Lipinski definition) is 6. The molecule has 4 rings (SSSR count). The smallest absolute Gasteiger partial charge is 0.416 e. The summed E-state index contributed by atoms with van der Waals surface area (Å²) in [7, 11) is 1.51. The van der Waals surface area contributed by atoms with Crippen molar-refractivity contribution in [3.05, 3.63) is 66.4 Å². The van der Waals surface area contributed by atoms with Crippen LogP contribution in [0.15, 0.2) is 55.1 Å². The molecule has 4 aromatic rings. The molecule has 0 saturated heterocycles. The predicted molar refractivity (Wildman–Crippen MR) is 110 cm³/mol. The Morgan fingerprint density at radius 2 is 1.97 bits per heavy atom. The summed E-state index contributed by atoms with van der Waals surface area (Å²) in [5.74, 6) is -1.05. The number of amides is 1. The van der Waals surface area contributed by atoms with Crippen molar-refractivity contribution in [3.63, 3.8) is 0 Å². The second-order valence-electron chi connectivity index (χ2n) is 6.83. The summed E-state index contributed by atoms with van der Waals surface area (Å²) in [6, 6.07) is 9.48. The van der Waals surface area contributed by atoms with Crippen molar-refractivity contribution in [1.29, 1.82) is 0 Å². The zero-order valence-corrected chi connectivity index (χ0v) is 17.0. The fraction of sp³-hybridized carbons (Fsp3) is 0.143. The number of aromatic nitrogens is 4. The van der Waals surface area contributed by atoms with Gasteiger partial charge in [0.05, 0.1) is 24.0 Å². The number of nitrogens with one attached hydrogen (secondary N) is 2. The molecule has 2 N–H and O–H groups in total. The quantitative estimate of drug-likeness (QED) is 0.427. The number of esters is 1. The molecule has 0 atom stereocenters. The van der Waals surface area contributed by atoms with E-state index in [-0.39, 0.29) is 17.1 Å². The third kappa shape index (κ3) is 4.79. The SMILES string of the molecule is COc1ccc2cc(C(=O)OCC(=O)Nc3cc(C(F)(F)F)ccc3-n3cncn3)[nH]c2c1. The average Bonchev–Trinajstić information content (AvgIpc) is 3.46. The molecular formula is C21H16F3N5O4. The maximum absolute atomic E-state index is 13.1.